The monoisotopic (exact) mass is 301 g/mol. The Kier molecular flexibility index (Phi) is 3.36. The maximum Gasteiger partial charge on any atom is 0.0726 e. The maximum atomic E-state index is 4.24. The number of allylic oxidation sites excluding steroid dienone is 2. The quantitative estimate of drug-likeness (QED) is 0.553. The van der Waals surface area contributed by atoms with Crippen LogP contribution in [0.1, 0.15) is 66.2 Å². The van der Waals surface area contributed by atoms with Crippen molar-refractivity contribution in [3.8, 4) is 0 Å². The topological polar surface area (TPSA) is 16.6 Å². The molecule has 0 radical (unpaired) electrons. The molecular weight excluding hydrogens is 266 g/mol. The fraction of sp³-hybridized carbons (Fsp3) is 0.857. The predicted octanol–water partition coefficient (Wildman–Crippen LogP) is 4.16. The van der Waals surface area contributed by atoms with Crippen LogP contribution in [0.5, 0.6) is 0 Å². The van der Waals surface area contributed by atoms with Gasteiger partial charge in [-0.15, -0.1) is 0 Å². The van der Waals surface area contributed by atoms with Crippen molar-refractivity contribution in [3.63, 3.8) is 0 Å². The second-order valence-electron chi connectivity index (χ2n) is 10.0. The van der Waals surface area contributed by atoms with Crippen LogP contribution in [0.4, 0.5) is 0 Å². The zero-order chi connectivity index (χ0) is 15.7. The highest BCUT2D eigenvalue weighted by Gasteiger charge is 2.58. The molecule has 0 aromatic rings. The van der Waals surface area contributed by atoms with E-state index >= 15 is 0 Å². The van der Waals surface area contributed by atoms with Crippen molar-refractivity contribution < 1.29 is 5.32 Å². The average molecular weight is 302 g/mol. The van der Waals surface area contributed by atoms with Crippen LogP contribution < -0.4 is 5.32 Å². The van der Waals surface area contributed by atoms with E-state index in [1.54, 1.807) is 0 Å². The molecule has 0 heterocycles. The van der Waals surface area contributed by atoms with Crippen LogP contribution in [0, 0.1) is 48.0 Å². The van der Waals surface area contributed by atoms with Crippen molar-refractivity contribution in [1.29, 1.82) is 0 Å². The molecule has 1 nitrogen and oxygen atoms in total. The van der Waals surface area contributed by atoms with Gasteiger partial charge in [0.25, 0.3) is 0 Å². The third-order valence-electron chi connectivity index (χ3n) is 8.15. The van der Waals surface area contributed by atoms with Gasteiger partial charge in [0, 0.05) is 12.3 Å². The molecule has 0 aliphatic heterocycles. The number of quaternary nitrogens is 1. The molecule has 1 heteroatoms. The van der Waals surface area contributed by atoms with Gasteiger partial charge in [0.2, 0.25) is 0 Å². The Bertz CT molecular complexity index is 490. The van der Waals surface area contributed by atoms with Crippen molar-refractivity contribution in [2.45, 2.75) is 71.8 Å². The minimum Gasteiger partial charge on any atom is -0.474 e. The molecule has 0 aromatic carbocycles. The summed E-state index contributed by atoms with van der Waals surface area (Å²) >= 11 is 0. The van der Waals surface area contributed by atoms with Crippen LogP contribution in [-0.4, -0.2) is 5.54 Å². The van der Waals surface area contributed by atoms with Gasteiger partial charge in [0.15, 0.2) is 0 Å². The van der Waals surface area contributed by atoms with E-state index in [4.69, 9.17) is 0 Å². The van der Waals surface area contributed by atoms with Gasteiger partial charge < -0.3 is 5.32 Å². The van der Waals surface area contributed by atoms with Gasteiger partial charge >= 0.3 is 0 Å². The first kappa shape index (κ1) is 15.2. The van der Waals surface area contributed by atoms with Gasteiger partial charge in [0.05, 0.1) is 5.54 Å². The summed E-state index contributed by atoms with van der Waals surface area (Å²) in [6.07, 6.45) is 11.2. The third kappa shape index (κ3) is 2.07. The summed E-state index contributed by atoms with van der Waals surface area (Å²) in [7, 11) is 4.24. The fourth-order valence-electron chi connectivity index (χ4n) is 7.32. The molecule has 0 saturated heterocycles. The lowest BCUT2D eigenvalue weighted by Gasteiger charge is -2.62. The Morgan fingerprint density at radius 2 is 2.00 bits per heavy atom. The van der Waals surface area contributed by atoms with E-state index in [0.717, 1.165) is 35.5 Å². The second-order valence-corrected chi connectivity index (χ2v) is 10.0. The predicted molar refractivity (Wildman–Crippen MR) is 91.9 cm³/mol. The van der Waals surface area contributed by atoms with Crippen LogP contribution >= 0.6 is 0 Å². The Balaban J connectivity index is 1.77. The van der Waals surface area contributed by atoms with E-state index in [-0.39, 0.29) is 0 Å². The molecule has 4 rings (SSSR count). The Morgan fingerprint density at radius 3 is 2.73 bits per heavy atom. The van der Waals surface area contributed by atoms with Crippen molar-refractivity contribution in [3.05, 3.63) is 18.7 Å². The molecule has 3 fully saturated rings. The number of rotatable bonds is 1. The van der Waals surface area contributed by atoms with Crippen molar-refractivity contribution in [2.75, 3.05) is 0 Å². The Labute approximate surface area is 137 Å². The third-order valence-corrected chi connectivity index (χ3v) is 8.15. The second kappa shape index (κ2) is 4.85. The SMILES string of the molecule is [CH2-][NH2+]C1(C)CCC2C(C)CC3CC(C)(C)C=C4CCC1C2C43. The number of hydrogen-bond donors (Lipinski definition) is 1. The molecule has 7 unspecified atom stereocenters. The molecule has 0 bridgehead atoms. The molecule has 4 aliphatic carbocycles. The van der Waals surface area contributed by atoms with Gasteiger partial charge in [-0.3, -0.25) is 0 Å². The fourth-order valence-corrected chi connectivity index (χ4v) is 7.32. The Hall–Kier alpha value is -0.300. The van der Waals surface area contributed by atoms with Crippen LogP contribution in [0.3, 0.4) is 0 Å². The van der Waals surface area contributed by atoms with E-state index in [1.807, 2.05) is 5.57 Å². The minimum absolute atomic E-state index is 0.404. The van der Waals surface area contributed by atoms with Crippen LogP contribution in [-0.2, 0) is 0 Å². The molecule has 3 saturated carbocycles. The zero-order valence-corrected chi connectivity index (χ0v) is 15.1. The van der Waals surface area contributed by atoms with Crippen molar-refractivity contribution >= 4 is 0 Å². The first-order valence-corrected chi connectivity index (χ1v) is 9.70. The summed E-state index contributed by atoms with van der Waals surface area (Å²) < 4.78 is 0. The maximum absolute atomic E-state index is 4.24. The van der Waals surface area contributed by atoms with E-state index in [0.29, 0.717) is 11.0 Å². The normalized spacial score (nSPS) is 52.7. The highest BCUT2D eigenvalue weighted by molar-refractivity contribution is 5.25. The van der Waals surface area contributed by atoms with Gasteiger partial charge in [-0.05, 0) is 74.0 Å². The summed E-state index contributed by atoms with van der Waals surface area (Å²) in [5, 5.41) is 2.32. The lowest BCUT2D eigenvalue weighted by molar-refractivity contribution is -0.688. The average Bonchev–Trinajstić information content (AvgIpc) is 2.45. The first-order chi connectivity index (χ1) is 10.3. The molecule has 7 atom stereocenters. The van der Waals surface area contributed by atoms with Crippen molar-refractivity contribution in [1.82, 2.24) is 0 Å². The lowest BCUT2D eigenvalue weighted by atomic mass is 9.44. The Morgan fingerprint density at radius 1 is 1.23 bits per heavy atom. The van der Waals surface area contributed by atoms with Crippen LogP contribution in [0.2, 0.25) is 0 Å². The van der Waals surface area contributed by atoms with E-state index in [2.05, 4.69) is 46.1 Å². The largest absolute Gasteiger partial charge is 0.474 e. The molecule has 0 aromatic heterocycles. The summed E-state index contributed by atoms with van der Waals surface area (Å²) in [4.78, 5) is 0. The highest BCUT2D eigenvalue weighted by atomic mass is 15.0. The molecule has 124 valence electrons. The number of nitrogens with two attached hydrogens (primary N) is 1. The van der Waals surface area contributed by atoms with Gasteiger partial charge in [-0.1, -0.05) is 32.4 Å². The van der Waals surface area contributed by atoms with Gasteiger partial charge in [-0.2, -0.15) is 7.05 Å². The van der Waals surface area contributed by atoms with Gasteiger partial charge in [0.1, 0.15) is 0 Å². The molecule has 4 aliphatic rings. The summed E-state index contributed by atoms with van der Waals surface area (Å²) in [5.41, 5.74) is 2.70. The first-order valence-electron chi connectivity index (χ1n) is 9.70. The summed E-state index contributed by atoms with van der Waals surface area (Å²) in [5.74, 6) is 5.67. The molecule has 2 N–H and O–H groups in total. The molecule has 22 heavy (non-hydrogen) atoms. The van der Waals surface area contributed by atoms with E-state index < -0.39 is 0 Å². The van der Waals surface area contributed by atoms with Crippen LogP contribution in [0.15, 0.2) is 11.6 Å². The molecule has 0 amide bonds. The lowest BCUT2D eigenvalue weighted by Crippen LogP contribution is -2.94. The highest BCUT2D eigenvalue weighted by Crippen LogP contribution is 2.62. The van der Waals surface area contributed by atoms with Crippen LogP contribution in [0.25, 0.3) is 0 Å². The summed E-state index contributed by atoms with van der Waals surface area (Å²) in [6, 6.07) is 0. The smallest absolute Gasteiger partial charge is 0.0726 e. The molecule has 0 spiro atoms. The van der Waals surface area contributed by atoms with Crippen molar-refractivity contribution in [2.24, 2.45) is 40.9 Å². The van der Waals surface area contributed by atoms with Gasteiger partial charge in [-0.25, -0.2) is 0 Å². The minimum atomic E-state index is 0.404. The molecular formula is C21H35N. The number of hydrogen-bond acceptors (Lipinski definition) is 0. The summed E-state index contributed by atoms with van der Waals surface area (Å²) in [6.45, 7) is 10.0. The zero-order valence-electron chi connectivity index (χ0n) is 15.1. The standard InChI is InChI=1S/C21H35N/c1-13-10-15-12-20(2,3)11-14-6-7-17-19(18(14)15)16(13)8-9-21(17,4)22-5/h11,13,15-19H,5-10,12,22H2,1-4H3. The van der Waals surface area contributed by atoms with E-state index in [9.17, 15) is 0 Å². The van der Waals surface area contributed by atoms with E-state index in [1.165, 1.54) is 38.5 Å².